The Bertz CT molecular complexity index is 1120. The quantitative estimate of drug-likeness (QED) is 0.318. The summed E-state index contributed by atoms with van der Waals surface area (Å²) in [5.74, 6) is -0.601. The van der Waals surface area contributed by atoms with E-state index in [0.717, 1.165) is 11.3 Å². The van der Waals surface area contributed by atoms with Crippen LogP contribution in [-0.2, 0) is 9.53 Å². The van der Waals surface area contributed by atoms with Gasteiger partial charge in [0.25, 0.3) is 11.8 Å². The van der Waals surface area contributed by atoms with Gasteiger partial charge in [-0.1, -0.05) is 30.3 Å². The second-order valence-electron chi connectivity index (χ2n) is 7.91. The summed E-state index contributed by atoms with van der Waals surface area (Å²) in [7, 11) is 1.57. The van der Waals surface area contributed by atoms with Crippen molar-refractivity contribution in [3.8, 4) is 0 Å². The van der Waals surface area contributed by atoms with Crippen molar-refractivity contribution >= 4 is 29.1 Å². The molecule has 0 spiro atoms. The molecule has 0 radical (unpaired) electrons. The maximum Gasteiger partial charge on any atom is 0.251 e. The molecule has 3 amide bonds. The van der Waals surface area contributed by atoms with Gasteiger partial charge in [0.05, 0.1) is 19.2 Å². The van der Waals surface area contributed by atoms with Crippen molar-refractivity contribution in [2.75, 3.05) is 37.4 Å². The zero-order valence-electron chi connectivity index (χ0n) is 19.8. The van der Waals surface area contributed by atoms with Gasteiger partial charge in [-0.15, -0.1) is 0 Å². The van der Waals surface area contributed by atoms with Gasteiger partial charge < -0.3 is 26.0 Å². The summed E-state index contributed by atoms with van der Waals surface area (Å²) < 4.78 is 4.91. The van der Waals surface area contributed by atoms with Crippen molar-refractivity contribution in [3.63, 3.8) is 0 Å². The van der Waals surface area contributed by atoms with E-state index in [2.05, 4.69) is 21.3 Å². The van der Waals surface area contributed by atoms with Crippen LogP contribution in [0.3, 0.4) is 0 Å². The first kappa shape index (κ1) is 25.5. The maximum atomic E-state index is 12.5. The Morgan fingerprint density at radius 2 is 1.40 bits per heavy atom. The predicted octanol–water partition coefficient (Wildman–Crippen LogP) is 3.60. The fourth-order valence-electron chi connectivity index (χ4n) is 3.31. The number of hydrogen-bond donors (Lipinski definition) is 4. The Kier molecular flexibility index (Phi) is 9.39. The highest BCUT2D eigenvalue weighted by Gasteiger charge is 2.11. The smallest absolute Gasteiger partial charge is 0.251 e. The van der Waals surface area contributed by atoms with Gasteiger partial charge in [0.1, 0.15) is 0 Å². The monoisotopic (exact) mass is 474 g/mol. The second kappa shape index (κ2) is 12.9. The van der Waals surface area contributed by atoms with Crippen molar-refractivity contribution in [2.45, 2.75) is 13.0 Å². The van der Waals surface area contributed by atoms with Crippen molar-refractivity contribution in [1.29, 1.82) is 0 Å². The van der Waals surface area contributed by atoms with E-state index in [4.69, 9.17) is 4.74 Å². The maximum absolute atomic E-state index is 12.5. The highest BCUT2D eigenvalue weighted by Crippen LogP contribution is 2.14. The molecule has 8 nitrogen and oxygen atoms in total. The Balaban J connectivity index is 1.44. The van der Waals surface area contributed by atoms with Crippen molar-refractivity contribution in [2.24, 2.45) is 0 Å². The number of amides is 3. The minimum atomic E-state index is -0.235. The Morgan fingerprint density at radius 1 is 0.800 bits per heavy atom. The molecule has 0 fully saturated rings. The van der Waals surface area contributed by atoms with Crippen molar-refractivity contribution < 1.29 is 19.1 Å². The molecule has 1 atom stereocenters. The van der Waals surface area contributed by atoms with Crippen LogP contribution in [0.2, 0.25) is 0 Å². The lowest BCUT2D eigenvalue weighted by atomic mass is 10.1. The average molecular weight is 475 g/mol. The van der Waals surface area contributed by atoms with E-state index in [1.54, 1.807) is 55.6 Å². The number of benzene rings is 3. The lowest BCUT2D eigenvalue weighted by molar-refractivity contribution is -0.114. The number of rotatable bonds is 11. The third-order valence-corrected chi connectivity index (χ3v) is 5.27. The molecular formula is C27H30N4O4. The number of methoxy groups -OCH3 is 1. The SMILES string of the molecule is COCCNC(=O)c1ccc(NC(=O)CNc2ccc(C(=O)NC(C)c3ccccc3)cc2)cc1. The van der Waals surface area contributed by atoms with Crippen LogP contribution in [0.1, 0.15) is 39.2 Å². The first-order valence-electron chi connectivity index (χ1n) is 11.3. The topological polar surface area (TPSA) is 109 Å². The van der Waals surface area contributed by atoms with Gasteiger partial charge in [-0.05, 0) is 61.0 Å². The van der Waals surface area contributed by atoms with Gasteiger partial charge in [-0.2, -0.15) is 0 Å². The summed E-state index contributed by atoms with van der Waals surface area (Å²) in [6, 6.07) is 23.2. The molecule has 3 rings (SSSR count). The molecule has 0 saturated heterocycles. The van der Waals surface area contributed by atoms with E-state index in [-0.39, 0.29) is 30.3 Å². The normalized spacial score (nSPS) is 11.3. The fourth-order valence-corrected chi connectivity index (χ4v) is 3.31. The minimum absolute atomic E-state index is 0.0514. The standard InChI is InChI=1S/C27H30N4O4/c1-19(20-6-4-3-5-7-20)30-27(34)22-8-12-23(13-9-22)29-18-25(32)31-24-14-10-21(11-15-24)26(33)28-16-17-35-2/h3-15,19,29H,16-18H2,1-2H3,(H,28,33)(H,30,34)(H,31,32). The van der Waals surface area contributed by atoms with E-state index in [0.29, 0.717) is 30.0 Å². The van der Waals surface area contributed by atoms with Gasteiger partial charge in [0.2, 0.25) is 5.91 Å². The molecule has 0 heterocycles. The average Bonchev–Trinajstić information content (AvgIpc) is 2.88. The molecule has 8 heteroatoms. The van der Waals surface area contributed by atoms with Crippen LogP contribution < -0.4 is 21.3 Å². The summed E-state index contributed by atoms with van der Waals surface area (Å²) in [5, 5.41) is 11.5. The molecule has 0 aliphatic heterocycles. The summed E-state index contributed by atoms with van der Waals surface area (Å²) in [6.07, 6.45) is 0. The number of hydrogen-bond acceptors (Lipinski definition) is 5. The van der Waals surface area contributed by atoms with Crippen LogP contribution in [0, 0.1) is 0 Å². The summed E-state index contributed by atoms with van der Waals surface area (Å²) in [6.45, 7) is 2.86. The third-order valence-electron chi connectivity index (χ3n) is 5.27. The van der Waals surface area contributed by atoms with Gasteiger partial charge in [-0.3, -0.25) is 14.4 Å². The summed E-state index contributed by atoms with van der Waals surface area (Å²) in [5.41, 5.74) is 3.37. The zero-order valence-corrected chi connectivity index (χ0v) is 19.8. The number of anilines is 2. The molecule has 0 bridgehead atoms. The van der Waals surface area contributed by atoms with Crippen LogP contribution in [0.4, 0.5) is 11.4 Å². The Morgan fingerprint density at radius 3 is 2.03 bits per heavy atom. The highest BCUT2D eigenvalue weighted by molar-refractivity contribution is 5.97. The molecule has 3 aromatic rings. The van der Waals surface area contributed by atoms with Crippen LogP contribution in [0.25, 0.3) is 0 Å². The summed E-state index contributed by atoms with van der Waals surface area (Å²) >= 11 is 0. The molecule has 35 heavy (non-hydrogen) atoms. The molecule has 1 unspecified atom stereocenters. The molecule has 0 saturated carbocycles. The van der Waals surface area contributed by atoms with Crippen molar-refractivity contribution in [1.82, 2.24) is 10.6 Å². The molecule has 4 N–H and O–H groups in total. The van der Waals surface area contributed by atoms with Gasteiger partial charge in [0.15, 0.2) is 0 Å². The first-order chi connectivity index (χ1) is 17.0. The number of nitrogens with one attached hydrogen (secondary N) is 4. The van der Waals surface area contributed by atoms with E-state index in [1.807, 2.05) is 37.3 Å². The van der Waals surface area contributed by atoms with Crippen LogP contribution in [-0.4, -0.2) is 44.5 Å². The predicted molar refractivity (Wildman–Crippen MR) is 137 cm³/mol. The number of ether oxygens (including phenoxy) is 1. The van der Waals surface area contributed by atoms with Gasteiger partial charge in [-0.25, -0.2) is 0 Å². The lowest BCUT2D eigenvalue weighted by Gasteiger charge is -2.14. The Hall–Kier alpha value is -4.17. The van der Waals surface area contributed by atoms with E-state index < -0.39 is 0 Å². The molecule has 0 aromatic heterocycles. The minimum Gasteiger partial charge on any atom is -0.383 e. The van der Waals surface area contributed by atoms with E-state index in [1.165, 1.54) is 0 Å². The van der Waals surface area contributed by atoms with Crippen molar-refractivity contribution in [3.05, 3.63) is 95.6 Å². The number of carbonyl (C=O) groups is 3. The zero-order chi connectivity index (χ0) is 25.0. The molecule has 0 aliphatic carbocycles. The van der Waals surface area contributed by atoms with Gasteiger partial charge in [0, 0.05) is 36.2 Å². The molecular weight excluding hydrogens is 444 g/mol. The lowest BCUT2D eigenvalue weighted by Crippen LogP contribution is -2.27. The fraction of sp³-hybridized carbons (Fsp3) is 0.222. The van der Waals surface area contributed by atoms with Gasteiger partial charge >= 0.3 is 0 Å². The van der Waals surface area contributed by atoms with Crippen LogP contribution in [0.15, 0.2) is 78.9 Å². The first-order valence-corrected chi connectivity index (χ1v) is 11.3. The number of carbonyl (C=O) groups excluding carboxylic acids is 3. The largest absolute Gasteiger partial charge is 0.383 e. The molecule has 3 aromatic carbocycles. The van der Waals surface area contributed by atoms with E-state index in [9.17, 15) is 14.4 Å². The third kappa shape index (κ3) is 7.97. The summed E-state index contributed by atoms with van der Waals surface area (Å²) in [4.78, 5) is 36.8. The highest BCUT2D eigenvalue weighted by atomic mass is 16.5. The molecule has 182 valence electrons. The second-order valence-corrected chi connectivity index (χ2v) is 7.91. The Labute approximate surface area is 205 Å². The van der Waals surface area contributed by atoms with Crippen LogP contribution in [0.5, 0.6) is 0 Å². The van der Waals surface area contributed by atoms with E-state index >= 15 is 0 Å². The van der Waals surface area contributed by atoms with Crippen LogP contribution >= 0.6 is 0 Å². The molecule has 0 aliphatic rings.